The van der Waals surface area contributed by atoms with Gasteiger partial charge in [-0.15, -0.1) is 13.3 Å². The summed E-state index contributed by atoms with van der Waals surface area (Å²) < 4.78 is 26.9. The minimum Gasteiger partial charge on any atom is 2.00 e. The number of unbranched alkanes of at least 4 members (excludes halogenated alkanes) is 1. The van der Waals surface area contributed by atoms with Gasteiger partial charge in [0, 0.05) is 0 Å². The van der Waals surface area contributed by atoms with E-state index in [2.05, 4.69) is 24.7 Å². The van der Waals surface area contributed by atoms with Crippen molar-refractivity contribution in [3.8, 4) is 0 Å². The number of allylic oxidation sites excluding steroid dienone is 2. The van der Waals surface area contributed by atoms with Crippen LogP contribution in [0.2, 0.25) is 0 Å². The van der Waals surface area contributed by atoms with Crippen LogP contribution >= 0.6 is 0 Å². The summed E-state index contributed by atoms with van der Waals surface area (Å²) in [5.74, 6) is -0.251. The Hall–Kier alpha value is -1.31. The van der Waals surface area contributed by atoms with E-state index in [1.165, 1.54) is 7.11 Å². The van der Waals surface area contributed by atoms with Crippen molar-refractivity contribution in [2.45, 2.75) is 19.8 Å². The molecule has 0 atom stereocenters. The van der Waals surface area contributed by atoms with E-state index in [0.717, 1.165) is 12.8 Å². The van der Waals surface area contributed by atoms with Gasteiger partial charge in [-0.05, 0) is 0 Å². The molecule has 5 nitrogen and oxygen atoms in total. The second-order valence-corrected chi connectivity index (χ2v) is 2.07. The molecule has 0 radical (unpaired) electrons. The van der Waals surface area contributed by atoms with Crippen LogP contribution in [0.15, 0.2) is 12.2 Å². The molecule has 0 amide bonds. The molecule has 0 rings (SSSR count). The summed E-state index contributed by atoms with van der Waals surface area (Å²) >= 11 is 0. The van der Waals surface area contributed by atoms with Crippen molar-refractivity contribution >= 4 is 5.97 Å². The predicted octanol–water partition coefficient (Wildman–Crippen LogP) is 1.81. The van der Waals surface area contributed by atoms with Crippen molar-refractivity contribution in [1.29, 1.82) is 0 Å². The van der Waals surface area contributed by atoms with Crippen molar-refractivity contribution < 1.29 is 40.6 Å². The maximum Gasteiger partial charge on any atom is 2.00 e. The van der Waals surface area contributed by atoms with Gasteiger partial charge in [0.05, 0.1) is 7.11 Å². The first-order chi connectivity index (χ1) is 8.31. The molecule has 0 N–H and O–H groups in total. The molecular weight excluding hydrogens is 280 g/mol. The summed E-state index contributed by atoms with van der Waals surface area (Å²) in [6.45, 7) is 15.5. The van der Waals surface area contributed by atoms with Crippen molar-refractivity contribution in [3.05, 3.63) is 44.9 Å². The first-order valence-electron chi connectivity index (χ1n) is 4.28. The molecule has 0 heterocycles. The maximum atomic E-state index is 10.5. The van der Waals surface area contributed by atoms with E-state index in [9.17, 15) is 4.79 Å². The quantitative estimate of drug-likeness (QED) is 0.254. The number of rotatable bonds is 5. The fraction of sp³-hybridized carbons (Fsp3) is 0.333. The minimum absolute atomic E-state index is 0. The summed E-state index contributed by atoms with van der Waals surface area (Å²) in [5.41, 5.74) is 0. The topological polar surface area (TPSA) is 86.0 Å². The van der Waals surface area contributed by atoms with Crippen molar-refractivity contribution in [3.63, 3.8) is 0 Å². The molecule has 100 valence electrons. The van der Waals surface area contributed by atoms with Crippen LogP contribution in [0.1, 0.15) is 19.8 Å². The molecular formula is C12H14FeO5. The zero-order valence-corrected chi connectivity index (χ0v) is 11.2. The number of esters is 1. The zero-order chi connectivity index (χ0) is 14.5. The Kier molecular flexibility index (Phi) is 74.9. The number of carbonyl (C=O) groups is 1. The number of ether oxygens (including phenoxy) is 1. The Morgan fingerprint density at radius 1 is 1.22 bits per heavy atom. The molecule has 0 aromatic carbocycles. The van der Waals surface area contributed by atoms with Crippen LogP contribution in [-0.2, 0) is 40.6 Å². The summed E-state index contributed by atoms with van der Waals surface area (Å²) in [5, 5.41) is 0. The summed E-state index contributed by atoms with van der Waals surface area (Å²) in [6, 6.07) is 0. The molecule has 0 spiro atoms. The van der Waals surface area contributed by atoms with E-state index in [1.807, 2.05) is 25.5 Å². The van der Waals surface area contributed by atoms with E-state index in [0.29, 0.717) is 0 Å². The monoisotopic (exact) mass is 294 g/mol. The van der Waals surface area contributed by atoms with E-state index < -0.39 is 0 Å². The Morgan fingerprint density at radius 3 is 2.00 bits per heavy atom. The maximum absolute atomic E-state index is 10.5. The molecule has 0 bridgehead atoms. The third-order valence-corrected chi connectivity index (χ3v) is 1.17. The fourth-order valence-electron chi connectivity index (χ4n) is 0.613. The van der Waals surface area contributed by atoms with Gasteiger partial charge in [0.25, 0.3) is 0 Å². The van der Waals surface area contributed by atoms with E-state index in [-0.39, 0.29) is 23.0 Å². The van der Waals surface area contributed by atoms with Crippen LogP contribution in [0.3, 0.4) is 0 Å². The Labute approximate surface area is 119 Å². The molecule has 0 aromatic rings. The molecule has 0 aliphatic heterocycles. The van der Waals surface area contributed by atoms with Gasteiger partial charge in [0.1, 0.15) is 0 Å². The first-order valence-corrected chi connectivity index (χ1v) is 4.28. The van der Waals surface area contributed by atoms with Gasteiger partial charge in [-0.1, -0.05) is 0 Å². The van der Waals surface area contributed by atoms with Gasteiger partial charge in [0.2, 0.25) is 0 Å². The number of carbonyl (C=O) groups excluding carboxylic acids is 1. The molecule has 0 aromatic heterocycles. The minimum atomic E-state index is -0.251. The molecule has 0 fully saturated rings. The van der Waals surface area contributed by atoms with Gasteiger partial charge < -0.3 is 4.74 Å². The summed E-state index contributed by atoms with van der Waals surface area (Å²) in [7, 11) is 1.38. The predicted molar refractivity (Wildman–Crippen MR) is 56.5 cm³/mol. The van der Waals surface area contributed by atoms with Gasteiger partial charge in [0.15, 0.2) is 5.97 Å². The molecule has 0 saturated heterocycles. The molecule has 6 heteroatoms. The standard InChI is InChI=1S/C9H14O2.3CO.Fe/c1-3-4-5-6-7-8-9(10)11-2;3*1-2;/h3-5,8H,6-7H2,1-2H3;;;;/q-2;;;;+2/b5-4-;;;;. The van der Waals surface area contributed by atoms with E-state index in [1.54, 1.807) is 6.42 Å². The Bertz CT molecular complexity index is 216. The van der Waals surface area contributed by atoms with Gasteiger partial charge in [-0.2, -0.15) is 6.42 Å². The van der Waals surface area contributed by atoms with Crippen LogP contribution in [0.4, 0.5) is 0 Å². The number of hydrogen-bond acceptors (Lipinski definition) is 2. The summed E-state index contributed by atoms with van der Waals surface area (Å²) in [4.78, 5) is 10.5. The number of methoxy groups -OCH3 is 1. The van der Waals surface area contributed by atoms with Gasteiger partial charge >= 0.3 is 51.0 Å². The third-order valence-electron chi connectivity index (χ3n) is 1.17. The van der Waals surface area contributed by atoms with Crippen LogP contribution in [0.25, 0.3) is 0 Å². The third kappa shape index (κ3) is 46.6. The van der Waals surface area contributed by atoms with Gasteiger partial charge in [-0.3, -0.25) is 11.2 Å². The zero-order valence-electron chi connectivity index (χ0n) is 10.1. The largest absolute Gasteiger partial charge is 2.00 e. The Balaban J connectivity index is -0.0000000700. The average molecular weight is 294 g/mol. The second kappa shape index (κ2) is 44.8. The van der Waals surface area contributed by atoms with Crippen molar-refractivity contribution in [2.75, 3.05) is 7.11 Å². The smallest absolute Gasteiger partial charge is 2.00 e. The van der Waals surface area contributed by atoms with Crippen molar-refractivity contribution in [1.82, 2.24) is 0 Å². The van der Waals surface area contributed by atoms with Crippen LogP contribution < -0.4 is 0 Å². The first kappa shape index (κ1) is 30.1. The van der Waals surface area contributed by atoms with Gasteiger partial charge in [-0.25, -0.2) is 18.6 Å². The van der Waals surface area contributed by atoms with E-state index >= 15 is 0 Å². The second-order valence-electron chi connectivity index (χ2n) is 2.07. The van der Waals surface area contributed by atoms with Crippen LogP contribution in [0.5, 0.6) is 0 Å². The average Bonchev–Trinajstić information content (AvgIpc) is 2.45. The van der Waals surface area contributed by atoms with E-state index in [4.69, 9.17) is 14.0 Å². The molecule has 0 aliphatic rings. The SMILES string of the molecule is C[CH-]/C=C\CC[CH-]C(=O)OC.[C-]#[O+].[C-]#[O+].[C-]#[O+].[Fe+2]. The molecule has 0 saturated carbocycles. The van der Waals surface area contributed by atoms with Crippen LogP contribution in [-0.4, -0.2) is 13.1 Å². The fourth-order valence-corrected chi connectivity index (χ4v) is 0.613. The van der Waals surface area contributed by atoms with Crippen molar-refractivity contribution in [2.24, 2.45) is 0 Å². The molecule has 18 heavy (non-hydrogen) atoms. The molecule has 0 unspecified atom stereocenters. The normalized spacial score (nSPS) is 6.22. The molecule has 0 aliphatic carbocycles. The number of hydrogen-bond donors (Lipinski definition) is 0. The Morgan fingerprint density at radius 2 is 1.67 bits per heavy atom. The van der Waals surface area contributed by atoms with Crippen LogP contribution in [0, 0.1) is 32.8 Å². The summed E-state index contributed by atoms with van der Waals surface area (Å²) in [6.07, 6.45) is 9.11.